The van der Waals surface area contributed by atoms with Gasteiger partial charge in [0.15, 0.2) is 0 Å². The van der Waals surface area contributed by atoms with E-state index in [1.165, 1.54) is 110 Å². The van der Waals surface area contributed by atoms with Gasteiger partial charge in [-0.15, -0.1) is 0 Å². The van der Waals surface area contributed by atoms with E-state index in [2.05, 4.69) is 256 Å². The fourth-order valence-corrected chi connectivity index (χ4v) is 14.2. The molecule has 376 valence electrons. The van der Waals surface area contributed by atoms with Crippen molar-refractivity contribution in [2.24, 2.45) is 5.92 Å². The number of para-hydroxylation sites is 3. The van der Waals surface area contributed by atoms with Gasteiger partial charge in [-0.25, -0.2) is 0 Å². The Kier molecular flexibility index (Phi) is 12.5. The highest BCUT2D eigenvalue weighted by atomic mass is 15.2. The molecule has 76 heavy (non-hydrogen) atoms. The molecule has 1 aromatic heterocycles. The van der Waals surface area contributed by atoms with E-state index in [1.807, 2.05) is 0 Å². The fraction of sp³-hybridized carbons (Fsp3) is 0.250. The summed E-state index contributed by atoms with van der Waals surface area (Å²) in [6, 6.07) is 49.3. The maximum absolute atomic E-state index is 2.79. The van der Waals surface area contributed by atoms with Crippen LogP contribution in [0.4, 0.5) is 22.7 Å². The number of aromatic nitrogens is 1. The Morgan fingerprint density at radius 3 is 2.28 bits per heavy atom. The van der Waals surface area contributed by atoms with Gasteiger partial charge in [-0.1, -0.05) is 176 Å². The number of benzene rings is 5. The molecule has 0 amide bonds. The summed E-state index contributed by atoms with van der Waals surface area (Å²) in [5.74, 6) is 1.21. The smallest absolute Gasteiger partial charge is 0.0567 e. The van der Waals surface area contributed by atoms with Crippen LogP contribution in [0.1, 0.15) is 110 Å². The summed E-state index contributed by atoms with van der Waals surface area (Å²) in [5.41, 5.74) is 19.0. The van der Waals surface area contributed by atoms with Crippen molar-refractivity contribution in [3.63, 3.8) is 0 Å². The van der Waals surface area contributed by atoms with Gasteiger partial charge < -0.3 is 19.3 Å². The molecule has 4 heteroatoms. The molecule has 7 aliphatic carbocycles. The maximum Gasteiger partial charge on any atom is 0.0567 e. The fourth-order valence-electron chi connectivity index (χ4n) is 14.2. The molecule has 0 spiro atoms. The van der Waals surface area contributed by atoms with Crippen molar-refractivity contribution >= 4 is 45.3 Å². The van der Waals surface area contributed by atoms with E-state index in [-0.39, 0.29) is 18.1 Å². The first-order valence-corrected chi connectivity index (χ1v) is 28.5. The van der Waals surface area contributed by atoms with Crippen LogP contribution in [-0.4, -0.2) is 27.6 Å². The van der Waals surface area contributed by atoms with Crippen molar-refractivity contribution in [3.8, 4) is 0 Å². The lowest BCUT2D eigenvalue weighted by atomic mass is 9.83. The van der Waals surface area contributed by atoms with Gasteiger partial charge in [-0.3, -0.25) is 0 Å². The normalized spacial score (nSPS) is 25.1. The first-order valence-electron chi connectivity index (χ1n) is 28.5. The Labute approximate surface area is 450 Å². The number of allylic oxidation sites excluding steroid dienone is 16. The lowest BCUT2D eigenvalue weighted by Crippen LogP contribution is -2.43. The molecule has 1 aliphatic heterocycles. The van der Waals surface area contributed by atoms with Crippen molar-refractivity contribution in [1.82, 2.24) is 9.47 Å². The van der Waals surface area contributed by atoms with Crippen molar-refractivity contribution in [2.45, 2.75) is 107 Å². The van der Waals surface area contributed by atoms with Gasteiger partial charge in [0.05, 0.1) is 18.1 Å². The first-order chi connectivity index (χ1) is 37.7. The molecule has 0 bridgehead atoms. The summed E-state index contributed by atoms with van der Waals surface area (Å²) in [4.78, 5) is 7.92. The molecule has 0 saturated heterocycles. The topological polar surface area (TPSA) is 14.7 Å². The van der Waals surface area contributed by atoms with E-state index in [1.54, 1.807) is 0 Å². The molecule has 0 fully saturated rings. The van der Waals surface area contributed by atoms with Crippen LogP contribution in [-0.2, 0) is 6.42 Å². The van der Waals surface area contributed by atoms with Gasteiger partial charge in [0, 0.05) is 74.5 Å². The van der Waals surface area contributed by atoms with Crippen molar-refractivity contribution in [3.05, 3.63) is 276 Å². The molecule has 8 aliphatic rings. The average Bonchev–Trinajstić information content (AvgIpc) is 4.02. The molecule has 7 unspecified atom stereocenters. The van der Waals surface area contributed by atoms with Crippen molar-refractivity contribution < 1.29 is 0 Å². The number of rotatable bonds is 11. The third kappa shape index (κ3) is 8.66. The number of anilines is 4. The Bertz CT molecular complexity index is 3530. The van der Waals surface area contributed by atoms with E-state index in [9.17, 15) is 0 Å². The van der Waals surface area contributed by atoms with Crippen LogP contribution < -0.4 is 9.80 Å². The minimum Gasteiger partial charge on any atom is -0.361 e. The summed E-state index contributed by atoms with van der Waals surface area (Å²) < 4.78 is 2.67. The monoisotopic (exact) mass is 989 g/mol. The highest BCUT2D eigenvalue weighted by Crippen LogP contribution is 2.53. The van der Waals surface area contributed by atoms with E-state index in [4.69, 9.17) is 0 Å². The molecule has 0 radical (unpaired) electrons. The summed E-state index contributed by atoms with van der Waals surface area (Å²) in [7, 11) is 0. The second-order valence-corrected chi connectivity index (χ2v) is 22.3. The third-order valence-electron chi connectivity index (χ3n) is 17.9. The van der Waals surface area contributed by atoms with Gasteiger partial charge >= 0.3 is 0 Å². The molecular formula is C72H68N4. The Balaban J connectivity index is 0.773. The van der Waals surface area contributed by atoms with Gasteiger partial charge in [-0.05, 0) is 165 Å². The summed E-state index contributed by atoms with van der Waals surface area (Å²) in [6.45, 7) is 0. The molecule has 7 atom stereocenters. The zero-order valence-electron chi connectivity index (χ0n) is 43.6. The van der Waals surface area contributed by atoms with Gasteiger partial charge in [0.2, 0.25) is 0 Å². The minimum absolute atomic E-state index is 0.162. The van der Waals surface area contributed by atoms with Crippen LogP contribution >= 0.6 is 0 Å². The van der Waals surface area contributed by atoms with Crippen LogP contribution in [0.2, 0.25) is 0 Å². The summed E-state index contributed by atoms with van der Waals surface area (Å²) in [5, 5.41) is 1.40. The van der Waals surface area contributed by atoms with Crippen molar-refractivity contribution in [2.75, 3.05) is 9.80 Å². The number of hydrogen-bond acceptors (Lipinski definition) is 3. The molecule has 4 nitrogen and oxygen atoms in total. The highest BCUT2D eigenvalue weighted by molar-refractivity contribution is 5.90. The molecular weight excluding hydrogens is 921 g/mol. The average molecular weight is 989 g/mol. The molecule has 0 saturated carbocycles. The lowest BCUT2D eigenvalue weighted by molar-refractivity contribution is 0.229. The predicted molar refractivity (Wildman–Crippen MR) is 319 cm³/mol. The number of nitrogens with zero attached hydrogens (tertiary/aromatic N) is 4. The third-order valence-corrected chi connectivity index (χ3v) is 17.9. The van der Waals surface area contributed by atoms with Crippen LogP contribution in [0.5, 0.6) is 0 Å². The zero-order chi connectivity index (χ0) is 50.4. The SMILES string of the molecule is C1=CCC(C2=CC=CC(N(C3=CC=C4C(C3)c3ccccc3N4c3ccccc3)C3C=CC(c4ccc(N(c5cccc(C6C=CCCC6)c5)C5C=Cc6c(c7ccccc7n6C6CC=CCC6)C5)cc4)=CC3)C2)C=C1. The Morgan fingerprint density at radius 2 is 1.43 bits per heavy atom. The van der Waals surface area contributed by atoms with Crippen LogP contribution in [0.3, 0.4) is 0 Å². The number of hydrogen-bond donors (Lipinski definition) is 0. The minimum atomic E-state index is 0.162. The van der Waals surface area contributed by atoms with Gasteiger partial charge in [0.1, 0.15) is 0 Å². The quantitative estimate of drug-likeness (QED) is 0.120. The van der Waals surface area contributed by atoms with Crippen molar-refractivity contribution in [1.29, 1.82) is 0 Å². The zero-order valence-corrected chi connectivity index (χ0v) is 43.6. The molecule has 14 rings (SSSR count). The summed E-state index contributed by atoms with van der Waals surface area (Å²) >= 11 is 0. The summed E-state index contributed by atoms with van der Waals surface area (Å²) in [6.07, 6.45) is 55.3. The highest BCUT2D eigenvalue weighted by Gasteiger charge is 2.39. The number of fused-ring (bicyclic) bond motifs is 6. The lowest BCUT2D eigenvalue weighted by Gasteiger charge is -2.43. The first kappa shape index (κ1) is 46.7. The molecule has 2 heterocycles. The van der Waals surface area contributed by atoms with Gasteiger partial charge in [0.25, 0.3) is 0 Å². The Hall–Kier alpha value is -7.82. The largest absolute Gasteiger partial charge is 0.361 e. The van der Waals surface area contributed by atoms with E-state index >= 15 is 0 Å². The maximum atomic E-state index is 2.79. The van der Waals surface area contributed by atoms with Crippen LogP contribution in [0.25, 0.3) is 22.6 Å². The van der Waals surface area contributed by atoms with Crippen LogP contribution in [0.15, 0.2) is 248 Å². The van der Waals surface area contributed by atoms with E-state index in [0.717, 1.165) is 44.9 Å². The van der Waals surface area contributed by atoms with Gasteiger partial charge in [-0.2, -0.15) is 0 Å². The van der Waals surface area contributed by atoms with E-state index in [0.29, 0.717) is 23.8 Å². The standard InChI is InChI=1S/C72H68N4/c1-5-19-51(20-6-1)55-23-17-29-61(47-55)73(63-43-45-71-67(49-63)65-31-13-15-33-69(65)75(71)57-25-9-3-10-26-57)59-39-35-53(36-40-59)54-37-41-60(42-38-54)74(62-30-18-24-56(48-62)52-21-7-2-8-22-52)64-44-46-72-68(50-64)66-32-14-16-34-70(66)76(72)58-27-11-4-12-28-58/h1,3-7,9-11,13-19,21,23-26,29-39,41-46,48,51-52,58-59,61,64,67H,2,8,12,20,22,27-28,40,47,49-50H2. The molecule has 5 aromatic carbocycles. The van der Waals surface area contributed by atoms with E-state index < -0.39 is 0 Å². The molecule has 0 N–H and O–H groups in total. The Morgan fingerprint density at radius 1 is 0.553 bits per heavy atom. The predicted octanol–water partition coefficient (Wildman–Crippen LogP) is 18.0. The second kappa shape index (κ2) is 20.4. The second-order valence-electron chi connectivity index (χ2n) is 22.3. The van der Waals surface area contributed by atoms with Crippen LogP contribution in [0, 0.1) is 5.92 Å². The molecule has 6 aromatic rings.